The fourth-order valence-corrected chi connectivity index (χ4v) is 1.56. The molecule has 0 atom stereocenters. The van der Waals surface area contributed by atoms with Crippen LogP contribution >= 0.6 is 0 Å². The minimum absolute atomic E-state index is 0.496. The van der Waals surface area contributed by atoms with Crippen molar-refractivity contribution in [2.45, 2.75) is 6.92 Å². The Hall–Kier alpha value is -2.55. The molecule has 0 fully saturated rings. The summed E-state index contributed by atoms with van der Waals surface area (Å²) >= 11 is 0. The Morgan fingerprint density at radius 1 is 1.11 bits per heavy atom. The van der Waals surface area contributed by atoms with Gasteiger partial charge in [0.25, 0.3) is 0 Å². The Kier molecular flexibility index (Phi) is 3.98. The zero-order chi connectivity index (χ0) is 13.7. The summed E-state index contributed by atoms with van der Waals surface area (Å²) in [7, 11) is 0. The average molecular weight is 253 g/mol. The lowest BCUT2D eigenvalue weighted by Gasteiger charge is -2.07. The number of hydrogen-bond donors (Lipinski definition) is 1. The summed E-state index contributed by atoms with van der Waals surface area (Å²) < 4.78 is 5.16. The van der Waals surface area contributed by atoms with E-state index >= 15 is 0 Å². The summed E-state index contributed by atoms with van der Waals surface area (Å²) in [4.78, 5) is 11.7. The SMILES string of the molecule is C=Cc1ccc(OC(=O)Nc2ccc(C)cc2)cc1. The van der Waals surface area contributed by atoms with Gasteiger partial charge < -0.3 is 4.74 Å². The molecule has 3 heteroatoms. The van der Waals surface area contributed by atoms with Gasteiger partial charge in [0.2, 0.25) is 0 Å². The normalized spacial score (nSPS) is 9.74. The van der Waals surface area contributed by atoms with Crippen molar-refractivity contribution in [2.24, 2.45) is 0 Å². The maximum atomic E-state index is 11.7. The lowest BCUT2D eigenvalue weighted by atomic mass is 10.2. The number of hydrogen-bond acceptors (Lipinski definition) is 2. The third-order valence-corrected chi connectivity index (χ3v) is 2.62. The highest BCUT2D eigenvalue weighted by molar-refractivity contribution is 5.86. The van der Waals surface area contributed by atoms with Gasteiger partial charge in [0.05, 0.1) is 0 Å². The van der Waals surface area contributed by atoms with E-state index in [9.17, 15) is 4.79 Å². The van der Waals surface area contributed by atoms with E-state index in [0.717, 1.165) is 11.1 Å². The summed E-state index contributed by atoms with van der Waals surface area (Å²) in [5.41, 5.74) is 2.82. The average Bonchev–Trinajstić information content (AvgIpc) is 2.42. The molecule has 0 saturated carbocycles. The lowest BCUT2D eigenvalue weighted by molar-refractivity contribution is 0.215. The number of benzene rings is 2. The molecule has 0 saturated heterocycles. The van der Waals surface area contributed by atoms with Gasteiger partial charge in [0.1, 0.15) is 5.75 Å². The van der Waals surface area contributed by atoms with Crippen LogP contribution in [0.4, 0.5) is 10.5 Å². The fraction of sp³-hybridized carbons (Fsp3) is 0.0625. The van der Waals surface area contributed by atoms with Crippen molar-refractivity contribution in [3.8, 4) is 5.75 Å². The number of nitrogens with one attached hydrogen (secondary N) is 1. The van der Waals surface area contributed by atoms with Gasteiger partial charge in [-0.1, -0.05) is 42.5 Å². The predicted molar refractivity (Wildman–Crippen MR) is 77.4 cm³/mol. The fourth-order valence-electron chi connectivity index (χ4n) is 1.56. The van der Waals surface area contributed by atoms with Gasteiger partial charge in [-0.3, -0.25) is 5.32 Å². The molecule has 3 nitrogen and oxygen atoms in total. The van der Waals surface area contributed by atoms with Crippen LogP contribution in [0.25, 0.3) is 6.08 Å². The van der Waals surface area contributed by atoms with E-state index in [1.165, 1.54) is 0 Å². The van der Waals surface area contributed by atoms with Gasteiger partial charge in [-0.2, -0.15) is 0 Å². The van der Waals surface area contributed by atoms with E-state index in [4.69, 9.17) is 4.74 Å². The van der Waals surface area contributed by atoms with Crippen LogP contribution < -0.4 is 10.1 Å². The quantitative estimate of drug-likeness (QED) is 0.888. The third-order valence-electron chi connectivity index (χ3n) is 2.62. The zero-order valence-corrected chi connectivity index (χ0v) is 10.7. The molecule has 0 aliphatic heterocycles. The molecule has 0 bridgehead atoms. The third kappa shape index (κ3) is 3.71. The Morgan fingerprint density at radius 2 is 1.74 bits per heavy atom. The number of ether oxygens (including phenoxy) is 1. The molecule has 1 amide bonds. The minimum atomic E-state index is -0.504. The van der Waals surface area contributed by atoms with Crippen molar-refractivity contribution in [3.63, 3.8) is 0 Å². The number of aryl methyl sites for hydroxylation is 1. The molecule has 0 aliphatic carbocycles. The highest BCUT2D eigenvalue weighted by atomic mass is 16.6. The van der Waals surface area contributed by atoms with Gasteiger partial charge in [0.15, 0.2) is 0 Å². The van der Waals surface area contributed by atoms with Gasteiger partial charge in [-0.15, -0.1) is 0 Å². The molecular weight excluding hydrogens is 238 g/mol. The molecule has 0 radical (unpaired) electrons. The van der Waals surface area contributed by atoms with Crippen LogP contribution in [0.5, 0.6) is 5.75 Å². The molecule has 96 valence electrons. The zero-order valence-electron chi connectivity index (χ0n) is 10.7. The number of amides is 1. The van der Waals surface area contributed by atoms with Crippen LogP contribution in [0.3, 0.4) is 0 Å². The van der Waals surface area contributed by atoms with Crippen LogP contribution in [0.15, 0.2) is 55.1 Å². The van der Waals surface area contributed by atoms with Crippen LogP contribution in [-0.2, 0) is 0 Å². The van der Waals surface area contributed by atoms with E-state index in [0.29, 0.717) is 11.4 Å². The largest absolute Gasteiger partial charge is 0.417 e. The monoisotopic (exact) mass is 253 g/mol. The van der Waals surface area contributed by atoms with E-state index < -0.39 is 6.09 Å². The number of anilines is 1. The Morgan fingerprint density at radius 3 is 2.32 bits per heavy atom. The number of rotatable bonds is 3. The number of carbonyl (C=O) groups is 1. The molecule has 0 aromatic heterocycles. The molecule has 2 aromatic rings. The summed E-state index contributed by atoms with van der Waals surface area (Å²) in [5, 5.41) is 2.66. The molecule has 0 heterocycles. The van der Waals surface area contributed by atoms with Crippen LogP contribution in [0.1, 0.15) is 11.1 Å². The summed E-state index contributed by atoms with van der Waals surface area (Å²) in [5.74, 6) is 0.496. The second-order valence-corrected chi connectivity index (χ2v) is 4.15. The Bertz CT molecular complexity index is 571. The summed E-state index contributed by atoms with van der Waals surface area (Å²) in [6.07, 6.45) is 1.23. The van der Waals surface area contributed by atoms with Crippen molar-refractivity contribution in [1.29, 1.82) is 0 Å². The van der Waals surface area contributed by atoms with Crippen molar-refractivity contribution in [3.05, 3.63) is 66.2 Å². The van der Waals surface area contributed by atoms with Crippen molar-refractivity contribution in [2.75, 3.05) is 5.32 Å². The van der Waals surface area contributed by atoms with Gasteiger partial charge in [-0.25, -0.2) is 4.79 Å². The molecule has 0 spiro atoms. The van der Waals surface area contributed by atoms with E-state index in [1.807, 2.05) is 43.3 Å². The first-order valence-corrected chi connectivity index (χ1v) is 5.95. The molecule has 0 unspecified atom stereocenters. The van der Waals surface area contributed by atoms with Gasteiger partial charge >= 0.3 is 6.09 Å². The van der Waals surface area contributed by atoms with Crippen molar-refractivity contribution < 1.29 is 9.53 Å². The standard InChI is InChI=1S/C16H15NO2/c1-3-13-6-10-15(11-7-13)19-16(18)17-14-8-4-12(2)5-9-14/h3-11H,1H2,2H3,(H,17,18). The smallest absolute Gasteiger partial charge is 0.410 e. The second-order valence-electron chi connectivity index (χ2n) is 4.15. The highest BCUT2D eigenvalue weighted by Gasteiger charge is 2.04. The van der Waals surface area contributed by atoms with E-state index in [2.05, 4.69) is 11.9 Å². The summed E-state index contributed by atoms with van der Waals surface area (Å²) in [6.45, 7) is 5.65. The Labute approximate surface area is 112 Å². The highest BCUT2D eigenvalue weighted by Crippen LogP contribution is 2.14. The molecule has 2 rings (SSSR count). The minimum Gasteiger partial charge on any atom is -0.410 e. The van der Waals surface area contributed by atoms with E-state index in [1.54, 1.807) is 18.2 Å². The van der Waals surface area contributed by atoms with Crippen LogP contribution in [-0.4, -0.2) is 6.09 Å². The predicted octanol–water partition coefficient (Wildman–Crippen LogP) is 4.25. The maximum absolute atomic E-state index is 11.7. The van der Waals surface area contributed by atoms with Crippen molar-refractivity contribution >= 4 is 17.9 Å². The van der Waals surface area contributed by atoms with Gasteiger partial charge in [-0.05, 0) is 36.8 Å². The molecule has 0 aliphatic rings. The maximum Gasteiger partial charge on any atom is 0.417 e. The van der Waals surface area contributed by atoms with Crippen LogP contribution in [0, 0.1) is 6.92 Å². The Balaban J connectivity index is 1.96. The molecular formula is C16H15NO2. The lowest BCUT2D eigenvalue weighted by Crippen LogP contribution is -2.16. The second kappa shape index (κ2) is 5.87. The first-order valence-electron chi connectivity index (χ1n) is 5.95. The molecule has 1 N–H and O–H groups in total. The molecule has 19 heavy (non-hydrogen) atoms. The first-order chi connectivity index (χ1) is 9.17. The van der Waals surface area contributed by atoms with Crippen LogP contribution in [0.2, 0.25) is 0 Å². The summed E-state index contributed by atoms with van der Waals surface area (Å²) in [6, 6.07) is 14.6. The number of carbonyl (C=O) groups excluding carboxylic acids is 1. The molecule has 2 aromatic carbocycles. The first kappa shape index (κ1) is 12.9. The topological polar surface area (TPSA) is 38.3 Å². The van der Waals surface area contributed by atoms with Gasteiger partial charge in [0, 0.05) is 5.69 Å². The van der Waals surface area contributed by atoms with E-state index in [-0.39, 0.29) is 0 Å². The van der Waals surface area contributed by atoms with Crippen molar-refractivity contribution in [1.82, 2.24) is 0 Å².